The van der Waals surface area contributed by atoms with Gasteiger partial charge < -0.3 is 9.88 Å². The average molecular weight is 414 g/mol. The van der Waals surface area contributed by atoms with Gasteiger partial charge in [0.05, 0.1) is 4.92 Å². The lowest BCUT2D eigenvalue weighted by atomic mass is 10.1. The van der Waals surface area contributed by atoms with Crippen molar-refractivity contribution in [3.05, 3.63) is 99.6 Å². The van der Waals surface area contributed by atoms with Crippen LogP contribution in [0.4, 0.5) is 11.6 Å². The number of H-pyrrole nitrogens is 1. The van der Waals surface area contributed by atoms with E-state index in [9.17, 15) is 10.1 Å². The molecule has 31 heavy (non-hydrogen) atoms. The smallest absolute Gasteiger partial charge is 0.318 e. The van der Waals surface area contributed by atoms with Crippen molar-refractivity contribution in [2.45, 2.75) is 26.9 Å². The van der Waals surface area contributed by atoms with Gasteiger partial charge >= 0.3 is 5.69 Å². The van der Waals surface area contributed by atoms with Crippen LogP contribution in [0.1, 0.15) is 22.6 Å². The van der Waals surface area contributed by atoms with Crippen molar-refractivity contribution in [3.8, 4) is 11.4 Å². The third-order valence-corrected chi connectivity index (χ3v) is 4.89. The van der Waals surface area contributed by atoms with Crippen molar-refractivity contribution < 1.29 is 4.92 Å². The van der Waals surface area contributed by atoms with Crippen LogP contribution in [-0.2, 0) is 13.1 Å². The van der Waals surface area contributed by atoms with Gasteiger partial charge in [0.15, 0.2) is 5.69 Å². The molecule has 0 unspecified atom stereocenters. The Hall–Kier alpha value is -4.07. The van der Waals surface area contributed by atoms with Crippen LogP contribution in [0.15, 0.2) is 66.9 Å². The highest BCUT2D eigenvalue weighted by molar-refractivity contribution is 5.69. The number of aromatic amines is 1. The van der Waals surface area contributed by atoms with E-state index in [4.69, 9.17) is 0 Å². The molecule has 0 fully saturated rings. The first-order valence-corrected chi connectivity index (χ1v) is 9.89. The second-order valence-electron chi connectivity index (χ2n) is 7.26. The van der Waals surface area contributed by atoms with Gasteiger partial charge in [0.25, 0.3) is 0 Å². The minimum absolute atomic E-state index is 0.130. The van der Waals surface area contributed by atoms with Gasteiger partial charge in [0.2, 0.25) is 5.95 Å². The molecule has 8 nitrogen and oxygen atoms in total. The molecule has 0 saturated heterocycles. The predicted octanol–water partition coefficient (Wildman–Crippen LogP) is 4.60. The van der Waals surface area contributed by atoms with Crippen molar-refractivity contribution in [2.75, 3.05) is 4.90 Å². The first-order valence-electron chi connectivity index (χ1n) is 9.89. The average Bonchev–Trinajstić information content (AvgIpc) is 3.20. The Morgan fingerprint density at radius 3 is 1.97 bits per heavy atom. The first kappa shape index (κ1) is 20.2. The Balaban J connectivity index is 1.81. The van der Waals surface area contributed by atoms with Gasteiger partial charge in [0.1, 0.15) is 17.2 Å². The van der Waals surface area contributed by atoms with E-state index < -0.39 is 4.92 Å². The molecular formula is C23H22N6O2. The molecule has 0 saturated carbocycles. The summed E-state index contributed by atoms with van der Waals surface area (Å²) >= 11 is 0. The van der Waals surface area contributed by atoms with Crippen LogP contribution in [0.25, 0.3) is 11.4 Å². The van der Waals surface area contributed by atoms with Crippen molar-refractivity contribution in [2.24, 2.45) is 0 Å². The standard InChI is InChI=1S/C23H22N6O2/c1-16-22(29(30)31)21(20-13-24-17(2)26-20)27-23(25-16)28(14-18-9-5-3-6-10-18)15-19-11-7-4-8-12-19/h3-13H,14-15H2,1-2H3,(H,24,26). The topological polar surface area (TPSA) is 101 Å². The highest BCUT2D eigenvalue weighted by atomic mass is 16.6. The number of nitro groups is 1. The van der Waals surface area contributed by atoms with Crippen LogP contribution in [0.3, 0.4) is 0 Å². The first-order chi connectivity index (χ1) is 15.0. The van der Waals surface area contributed by atoms with Crippen LogP contribution >= 0.6 is 0 Å². The highest BCUT2D eigenvalue weighted by Crippen LogP contribution is 2.31. The van der Waals surface area contributed by atoms with E-state index in [1.54, 1.807) is 20.0 Å². The van der Waals surface area contributed by atoms with Gasteiger partial charge in [0, 0.05) is 19.3 Å². The fourth-order valence-electron chi connectivity index (χ4n) is 3.44. The Labute approximate surface area is 179 Å². The molecule has 2 aromatic heterocycles. The lowest BCUT2D eigenvalue weighted by Crippen LogP contribution is -2.25. The molecule has 2 heterocycles. The minimum Gasteiger partial charge on any atom is -0.348 e. The van der Waals surface area contributed by atoms with E-state index in [1.165, 1.54) is 0 Å². The van der Waals surface area contributed by atoms with Gasteiger partial charge in [-0.05, 0) is 25.0 Å². The Kier molecular flexibility index (Phi) is 5.70. The molecule has 0 radical (unpaired) electrons. The van der Waals surface area contributed by atoms with E-state index in [-0.39, 0.29) is 11.4 Å². The van der Waals surface area contributed by atoms with E-state index >= 15 is 0 Å². The molecular weight excluding hydrogens is 392 g/mol. The summed E-state index contributed by atoms with van der Waals surface area (Å²) in [5.74, 6) is 1.08. The molecule has 4 rings (SSSR count). The molecule has 0 aliphatic rings. The maximum atomic E-state index is 11.8. The fraction of sp³-hybridized carbons (Fsp3) is 0.174. The molecule has 0 bridgehead atoms. The zero-order valence-electron chi connectivity index (χ0n) is 17.3. The van der Waals surface area contributed by atoms with Crippen LogP contribution in [-0.4, -0.2) is 24.9 Å². The molecule has 156 valence electrons. The zero-order valence-corrected chi connectivity index (χ0v) is 17.3. The summed E-state index contributed by atoms with van der Waals surface area (Å²) in [7, 11) is 0. The SMILES string of the molecule is Cc1nc(-c2nc(N(Cc3ccccc3)Cc3ccccc3)nc(C)c2[N+](=O)[O-])c[nH]1. The van der Waals surface area contributed by atoms with Crippen LogP contribution < -0.4 is 4.90 Å². The maximum absolute atomic E-state index is 11.8. The van der Waals surface area contributed by atoms with Crippen molar-refractivity contribution in [1.29, 1.82) is 0 Å². The summed E-state index contributed by atoms with van der Waals surface area (Å²) in [5, 5.41) is 11.8. The molecule has 0 atom stereocenters. The summed E-state index contributed by atoms with van der Waals surface area (Å²) in [6.45, 7) is 4.55. The lowest BCUT2D eigenvalue weighted by Gasteiger charge is -2.24. The van der Waals surface area contributed by atoms with Gasteiger partial charge in [-0.15, -0.1) is 0 Å². The maximum Gasteiger partial charge on any atom is 0.318 e. The number of aryl methyl sites for hydroxylation is 2. The van der Waals surface area contributed by atoms with Gasteiger partial charge in [-0.25, -0.2) is 15.0 Å². The quantitative estimate of drug-likeness (QED) is 0.350. The summed E-state index contributed by atoms with van der Waals surface area (Å²) in [4.78, 5) is 29.8. The summed E-state index contributed by atoms with van der Waals surface area (Å²) in [6, 6.07) is 20.0. The molecule has 8 heteroatoms. The number of aromatic nitrogens is 4. The Morgan fingerprint density at radius 2 is 1.48 bits per heavy atom. The highest BCUT2D eigenvalue weighted by Gasteiger charge is 2.26. The van der Waals surface area contributed by atoms with Gasteiger partial charge in [-0.2, -0.15) is 0 Å². The number of hydrogen-bond donors (Lipinski definition) is 1. The zero-order chi connectivity index (χ0) is 21.8. The predicted molar refractivity (Wildman–Crippen MR) is 119 cm³/mol. The number of nitrogens with zero attached hydrogens (tertiary/aromatic N) is 5. The fourth-order valence-corrected chi connectivity index (χ4v) is 3.44. The third-order valence-electron chi connectivity index (χ3n) is 4.89. The molecule has 4 aromatic rings. The van der Waals surface area contributed by atoms with Crippen molar-refractivity contribution >= 4 is 11.6 Å². The second kappa shape index (κ2) is 8.74. The lowest BCUT2D eigenvalue weighted by molar-refractivity contribution is -0.385. The summed E-state index contributed by atoms with van der Waals surface area (Å²) in [5.41, 5.74) is 3.00. The van der Waals surface area contributed by atoms with E-state index in [2.05, 4.69) is 19.9 Å². The molecule has 0 aliphatic heterocycles. The Bertz CT molecular complexity index is 1150. The van der Waals surface area contributed by atoms with E-state index in [0.29, 0.717) is 36.3 Å². The third kappa shape index (κ3) is 4.58. The molecule has 1 N–H and O–H groups in total. The Morgan fingerprint density at radius 1 is 0.903 bits per heavy atom. The van der Waals surface area contributed by atoms with Crippen molar-refractivity contribution in [1.82, 2.24) is 19.9 Å². The normalized spacial score (nSPS) is 10.8. The molecule has 0 aliphatic carbocycles. The van der Waals surface area contributed by atoms with Crippen LogP contribution in [0.5, 0.6) is 0 Å². The number of imidazole rings is 1. The second-order valence-corrected chi connectivity index (χ2v) is 7.26. The summed E-state index contributed by atoms with van der Waals surface area (Å²) < 4.78 is 0. The van der Waals surface area contributed by atoms with Gasteiger partial charge in [-0.1, -0.05) is 60.7 Å². The minimum atomic E-state index is -0.447. The van der Waals surface area contributed by atoms with Crippen LogP contribution in [0.2, 0.25) is 0 Å². The number of nitrogens with one attached hydrogen (secondary N) is 1. The number of anilines is 1. The van der Waals surface area contributed by atoms with Crippen LogP contribution in [0, 0.1) is 24.0 Å². The van der Waals surface area contributed by atoms with Crippen molar-refractivity contribution in [3.63, 3.8) is 0 Å². The number of rotatable bonds is 7. The largest absolute Gasteiger partial charge is 0.348 e. The van der Waals surface area contributed by atoms with E-state index in [0.717, 1.165) is 11.1 Å². The monoisotopic (exact) mass is 414 g/mol. The molecule has 0 amide bonds. The molecule has 2 aromatic carbocycles. The molecule has 0 spiro atoms. The number of benzene rings is 2. The summed E-state index contributed by atoms with van der Waals surface area (Å²) in [6.07, 6.45) is 1.63. The van der Waals surface area contributed by atoms with E-state index in [1.807, 2.05) is 65.6 Å². The van der Waals surface area contributed by atoms with Gasteiger partial charge in [-0.3, -0.25) is 10.1 Å². The number of hydrogen-bond acceptors (Lipinski definition) is 6.